The maximum Gasteiger partial charge on any atom is 0.147 e. The van der Waals surface area contributed by atoms with Crippen molar-refractivity contribution in [1.29, 1.82) is 5.26 Å². The Morgan fingerprint density at radius 1 is 1.41 bits per heavy atom. The number of methoxy groups -OCH3 is 1. The number of hydrogen-bond donors (Lipinski definition) is 1. The van der Waals surface area contributed by atoms with Crippen molar-refractivity contribution in [3.8, 4) is 22.9 Å². The molecule has 0 aliphatic rings. The summed E-state index contributed by atoms with van der Waals surface area (Å²) >= 11 is 2.18. The second kappa shape index (κ2) is 5.50. The molecule has 1 aromatic carbocycles. The first-order valence-electron chi connectivity index (χ1n) is 6.57. The second-order valence-electron chi connectivity index (χ2n) is 4.85. The summed E-state index contributed by atoms with van der Waals surface area (Å²) in [6.45, 7) is 1.97. The van der Waals surface area contributed by atoms with Crippen LogP contribution in [0.3, 0.4) is 0 Å². The van der Waals surface area contributed by atoms with Crippen LogP contribution in [0.15, 0.2) is 30.6 Å². The van der Waals surface area contributed by atoms with Crippen molar-refractivity contribution >= 4 is 33.9 Å². The minimum Gasteiger partial charge on any atom is -0.496 e. The van der Waals surface area contributed by atoms with E-state index >= 15 is 0 Å². The third-order valence-corrected chi connectivity index (χ3v) is 4.49. The number of fused-ring (bicyclic) bond motifs is 1. The maximum absolute atomic E-state index is 9.36. The zero-order chi connectivity index (χ0) is 15.9. The molecule has 3 rings (SSSR count). The Hall–Kier alpha value is -2.27. The highest BCUT2D eigenvalue weighted by Crippen LogP contribution is 2.37. The molecule has 0 bridgehead atoms. The molecule has 22 heavy (non-hydrogen) atoms. The Bertz CT molecular complexity index is 924. The number of nitrogen functional groups attached to an aromatic ring is 1. The number of benzene rings is 1. The minimum atomic E-state index is 0.431. The van der Waals surface area contributed by atoms with E-state index in [1.54, 1.807) is 19.5 Å². The van der Waals surface area contributed by atoms with E-state index in [-0.39, 0.29) is 0 Å². The molecule has 0 spiro atoms. The summed E-state index contributed by atoms with van der Waals surface area (Å²) in [7, 11) is 1.63. The average molecular weight is 404 g/mol. The summed E-state index contributed by atoms with van der Waals surface area (Å²) in [5.74, 6) is 0.777. The Labute approximate surface area is 141 Å². The van der Waals surface area contributed by atoms with Gasteiger partial charge in [-0.3, -0.25) is 4.40 Å². The lowest BCUT2D eigenvalue weighted by molar-refractivity contribution is 0.412. The fourth-order valence-corrected chi connectivity index (χ4v) is 3.07. The van der Waals surface area contributed by atoms with Gasteiger partial charge < -0.3 is 10.5 Å². The molecule has 0 aliphatic carbocycles. The van der Waals surface area contributed by atoms with Gasteiger partial charge in [-0.1, -0.05) is 12.1 Å². The molecular formula is C16H13IN4O. The van der Waals surface area contributed by atoms with E-state index in [4.69, 9.17) is 10.5 Å². The van der Waals surface area contributed by atoms with Gasteiger partial charge in [0, 0.05) is 11.8 Å². The zero-order valence-corrected chi connectivity index (χ0v) is 14.2. The lowest BCUT2D eigenvalue weighted by Gasteiger charge is -2.14. The number of aromatic nitrogens is 2. The van der Waals surface area contributed by atoms with Crippen molar-refractivity contribution in [2.75, 3.05) is 12.8 Å². The van der Waals surface area contributed by atoms with Gasteiger partial charge in [0.25, 0.3) is 0 Å². The Kier molecular flexibility index (Phi) is 3.66. The largest absolute Gasteiger partial charge is 0.496 e. The molecule has 0 aliphatic heterocycles. The molecule has 6 heteroatoms. The zero-order valence-electron chi connectivity index (χ0n) is 12.1. The van der Waals surface area contributed by atoms with Gasteiger partial charge in [-0.15, -0.1) is 0 Å². The lowest BCUT2D eigenvalue weighted by atomic mass is 9.97. The first kappa shape index (κ1) is 14.7. The van der Waals surface area contributed by atoms with Crippen LogP contribution in [0, 0.1) is 22.0 Å². The molecule has 0 unspecified atom stereocenters. The molecule has 2 heterocycles. The molecule has 2 N–H and O–H groups in total. The Morgan fingerprint density at radius 3 is 2.86 bits per heavy atom. The van der Waals surface area contributed by atoms with E-state index in [9.17, 15) is 5.26 Å². The highest BCUT2D eigenvalue weighted by Gasteiger charge is 2.18. The average Bonchev–Trinajstić information content (AvgIpc) is 2.88. The number of nitrogens with zero attached hydrogens (tertiary/aromatic N) is 3. The van der Waals surface area contributed by atoms with E-state index in [1.807, 2.05) is 29.5 Å². The fraction of sp³-hybridized carbons (Fsp3) is 0.125. The van der Waals surface area contributed by atoms with Crippen molar-refractivity contribution in [1.82, 2.24) is 9.38 Å². The first-order chi connectivity index (χ1) is 10.6. The molecule has 110 valence electrons. The van der Waals surface area contributed by atoms with E-state index < -0.39 is 0 Å². The van der Waals surface area contributed by atoms with Crippen LogP contribution in [0.25, 0.3) is 16.8 Å². The van der Waals surface area contributed by atoms with E-state index in [0.717, 1.165) is 31.8 Å². The molecule has 3 aromatic rings. The number of halogens is 1. The van der Waals surface area contributed by atoms with Crippen LogP contribution in [0.2, 0.25) is 0 Å². The quantitative estimate of drug-likeness (QED) is 0.665. The number of hydrogen-bond acceptors (Lipinski definition) is 4. The van der Waals surface area contributed by atoms with Gasteiger partial charge in [0.05, 0.1) is 24.6 Å². The minimum absolute atomic E-state index is 0.431. The van der Waals surface area contributed by atoms with Crippen molar-refractivity contribution < 1.29 is 4.74 Å². The second-order valence-corrected chi connectivity index (χ2v) is 5.96. The van der Waals surface area contributed by atoms with Gasteiger partial charge in [0.15, 0.2) is 0 Å². The molecule has 5 nitrogen and oxygen atoms in total. The number of ether oxygens (including phenoxy) is 1. The molecule has 0 saturated carbocycles. The summed E-state index contributed by atoms with van der Waals surface area (Å²) in [5, 5.41) is 9.36. The fourth-order valence-electron chi connectivity index (χ4n) is 2.56. The van der Waals surface area contributed by atoms with Crippen LogP contribution in [-0.2, 0) is 0 Å². The molecule has 2 aromatic heterocycles. The van der Waals surface area contributed by atoms with Gasteiger partial charge in [-0.05, 0) is 46.7 Å². The monoisotopic (exact) mass is 404 g/mol. The van der Waals surface area contributed by atoms with E-state index in [2.05, 4.69) is 33.6 Å². The number of nitriles is 1. The number of pyridine rings is 1. The predicted molar refractivity (Wildman–Crippen MR) is 93.8 cm³/mol. The normalized spacial score (nSPS) is 10.6. The van der Waals surface area contributed by atoms with Gasteiger partial charge in [-0.2, -0.15) is 5.26 Å². The lowest BCUT2D eigenvalue weighted by Crippen LogP contribution is -2.02. The molecule has 0 radical (unpaired) electrons. The standard InChI is InChI=1S/C16H13IN4O/c1-9-11(4-3-5-12(9)22-2)14-15(19)10(6-18)8-21-13(17)7-20-16(14)21/h3-5,7-8H,19H2,1-2H3. The number of rotatable bonds is 2. The third-order valence-electron chi connectivity index (χ3n) is 3.69. The van der Waals surface area contributed by atoms with Crippen molar-refractivity contribution in [2.24, 2.45) is 0 Å². The molecule has 0 amide bonds. The highest BCUT2D eigenvalue weighted by molar-refractivity contribution is 14.1. The Morgan fingerprint density at radius 2 is 2.18 bits per heavy atom. The molecule has 0 atom stereocenters. The van der Waals surface area contributed by atoms with Crippen LogP contribution in [-0.4, -0.2) is 16.5 Å². The number of anilines is 1. The molecular weight excluding hydrogens is 391 g/mol. The van der Waals surface area contributed by atoms with Gasteiger partial charge in [0.2, 0.25) is 0 Å². The summed E-state index contributed by atoms with van der Waals surface area (Å²) in [6, 6.07) is 7.92. The van der Waals surface area contributed by atoms with Gasteiger partial charge in [0.1, 0.15) is 21.2 Å². The SMILES string of the molecule is COc1cccc(-c2c(N)c(C#N)cn3c(I)cnc23)c1C. The summed E-state index contributed by atoms with van der Waals surface area (Å²) < 4.78 is 8.19. The maximum atomic E-state index is 9.36. The molecule has 0 saturated heterocycles. The summed E-state index contributed by atoms with van der Waals surface area (Å²) in [5.41, 5.74) is 10.5. The van der Waals surface area contributed by atoms with Crippen molar-refractivity contribution in [3.63, 3.8) is 0 Å². The summed E-state index contributed by atoms with van der Waals surface area (Å²) in [6.07, 6.45) is 3.48. The van der Waals surface area contributed by atoms with Crippen LogP contribution in [0.1, 0.15) is 11.1 Å². The van der Waals surface area contributed by atoms with Crippen LogP contribution < -0.4 is 10.5 Å². The van der Waals surface area contributed by atoms with Gasteiger partial charge >= 0.3 is 0 Å². The van der Waals surface area contributed by atoms with Crippen molar-refractivity contribution in [2.45, 2.75) is 6.92 Å². The predicted octanol–water partition coefficient (Wildman–Crippen LogP) is 3.38. The van der Waals surface area contributed by atoms with Crippen LogP contribution in [0.4, 0.5) is 5.69 Å². The number of nitrogens with two attached hydrogens (primary N) is 1. The Balaban J connectivity index is 2.45. The van der Waals surface area contributed by atoms with Crippen LogP contribution >= 0.6 is 22.6 Å². The van der Waals surface area contributed by atoms with Crippen molar-refractivity contribution in [3.05, 3.63) is 45.4 Å². The third kappa shape index (κ3) is 2.09. The van der Waals surface area contributed by atoms with Gasteiger partial charge in [-0.25, -0.2) is 4.98 Å². The molecule has 0 fully saturated rings. The smallest absolute Gasteiger partial charge is 0.147 e. The number of imidazole rings is 1. The van der Waals surface area contributed by atoms with E-state index in [1.165, 1.54) is 0 Å². The summed E-state index contributed by atoms with van der Waals surface area (Å²) in [4.78, 5) is 4.45. The van der Waals surface area contributed by atoms with E-state index in [0.29, 0.717) is 11.3 Å². The first-order valence-corrected chi connectivity index (χ1v) is 7.65. The van der Waals surface area contributed by atoms with Crippen LogP contribution in [0.5, 0.6) is 5.75 Å². The highest BCUT2D eigenvalue weighted by atomic mass is 127. The topological polar surface area (TPSA) is 76.3 Å².